The summed E-state index contributed by atoms with van der Waals surface area (Å²) in [6.07, 6.45) is -0.344. The highest BCUT2D eigenvalue weighted by Crippen LogP contribution is 2.52. The molecule has 3 aromatic rings. The summed E-state index contributed by atoms with van der Waals surface area (Å²) < 4.78 is 63.9. The maximum absolute atomic E-state index is 14.9. The van der Waals surface area contributed by atoms with Gasteiger partial charge in [-0.3, -0.25) is 14.4 Å². The molecular weight excluding hydrogens is 684 g/mol. The van der Waals surface area contributed by atoms with Gasteiger partial charge in [0.2, 0.25) is 11.8 Å². The summed E-state index contributed by atoms with van der Waals surface area (Å²) in [7, 11) is -7.52. The Morgan fingerprint density at radius 1 is 0.979 bits per heavy atom. The molecule has 0 radical (unpaired) electrons. The van der Waals surface area contributed by atoms with Crippen LogP contribution < -0.4 is 4.72 Å². The van der Waals surface area contributed by atoms with Crippen LogP contribution in [-0.2, 0) is 29.3 Å². The zero-order valence-corrected chi connectivity index (χ0v) is 30.0. The highest BCUT2D eigenvalue weighted by atomic mass is 35.5. The zero-order chi connectivity index (χ0) is 34.9. The third-order valence-electron chi connectivity index (χ3n) is 8.82. The van der Waals surface area contributed by atoms with Gasteiger partial charge in [-0.15, -0.1) is 0 Å². The smallest absolute Gasteiger partial charge is 0.264 e. The molecule has 0 bridgehead atoms. The molecule has 0 aliphatic carbocycles. The molecule has 1 fully saturated rings. The zero-order valence-electron chi connectivity index (χ0n) is 26.9. The molecule has 8 nitrogen and oxygen atoms in total. The third kappa shape index (κ3) is 8.36. The molecule has 1 aliphatic rings. The molecule has 1 heterocycles. The lowest BCUT2D eigenvalue weighted by molar-refractivity contribution is -0.157. The highest BCUT2D eigenvalue weighted by Gasteiger charge is 2.53. The molecule has 0 aromatic heterocycles. The van der Waals surface area contributed by atoms with E-state index in [1.54, 1.807) is 56.0 Å². The van der Waals surface area contributed by atoms with Crippen LogP contribution in [0.5, 0.6) is 0 Å². The third-order valence-corrected chi connectivity index (χ3v) is 13.1. The van der Waals surface area contributed by atoms with Crippen molar-refractivity contribution in [2.24, 2.45) is 11.3 Å². The van der Waals surface area contributed by atoms with E-state index in [9.17, 15) is 26.6 Å². The van der Waals surface area contributed by atoms with Gasteiger partial charge in [0.1, 0.15) is 5.82 Å². The van der Waals surface area contributed by atoms with Gasteiger partial charge in [-0.25, -0.2) is 21.7 Å². The van der Waals surface area contributed by atoms with Gasteiger partial charge in [0.15, 0.2) is 0 Å². The van der Waals surface area contributed by atoms with Crippen LogP contribution in [0.1, 0.15) is 70.5 Å². The molecule has 0 saturated carbocycles. The Hall–Kier alpha value is -2.99. The van der Waals surface area contributed by atoms with E-state index in [4.69, 9.17) is 28.0 Å². The Balaban J connectivity index is 1.86. The number of carbonyl (C=O) groups excluding carboxylic acids is 2. The molecule has 2 amide bonds. The van der Waals surface area contributed by atoms with Crippen LogP contribution in [0.4, 0.5) is 4.39 Å². The van der Waals surface area contributed by atoms with Gasteiger partial charge in [-0.05, 0) is 72.0 Å². The first-order valence-electron chi connectivity index (χ1n) is 15.2. The molecule has 0 spiro atoms. The molecule has 2 unspecified atom stereocenters. The summed E-state index contributed by atoms with van der Waals surface area (Å²) in [5.41, 5.74) is 0.120. The second-order valence-corrected chi connectivity index (χ2v) is 18.3. The standard InChI is InChI=1S/C34H40Cl2FN3O5S2/c1-21(2)30(20-46(38,43)22(3)4)40-32(23-9-11-25(35)12-10-23)29(24-7-6-8-26(36)17-24)18-34(5,33(40)42)19-31(41)39-47(44,45)28-15-13-27(37)14-16-28/h6-17,21-22,29-30,32,38H,18-20H2,1-5H3,(H,39,41)/t29-,30?,32-,34-,46?/m1/s1. The van der Waals surface area contributed by atoms with Crippen molar-refractivity contribution < 1.29 is 26.6 Å². The fourth-order valence-electron chi connectivity index (χ4n) is 6.16. The number of piperidine rings is 1. The van der Waals surface area contributed by atoms with E-state index in [2.05, 4.69) is 0 Å². The number of nitrogens with zero attached hydrogens (tertiary/aromatic N) is 1. The predicted molar refractivity (Wildman–Crippen MR) is 184 cm³/mol. The number of rotatable bonds is 11. The molecule has 13 heteroatoms. The van der Waals surface area contributed by atoms with Gasteiger partial charge in [0.05, 0.1) is 22.1 Å². The van der Waals surface area contributed by atoms with E-state index >= 15 is 0 Å². The van der Waals surface area contributed by atoms with E-state index in [0.717, 1.165) is 35.4 Å². The van der Waals surface area contributed by atoms with Gasteiger partial charge < -0.3 is 4.90 Å². The summed E-state index contributed by atoms with van der Waals surface area (Å²) in [5, 5.41) is 0.496. The van der Waals surface area contributed by atoms with E-state index < -0.39 is 72.5 Å². The van der Waals surface area contributed by atoms with Crippen molar-refractivity contribution in [3.8, 4) is 0 Å². The first kappa shape index (κ1) is 36.8. The Morgan fingerprint density at radius 2 is 1.60 bits per heavy atom. The first-order chi connectivity index (χ1) is 21.8. The Bertz CT molecular complexity index is 1840. The van der Waals surface area contributed by atoms with Gasteiger partial charge in [0.25, 0.3) is 10.0 Å². The number of likely N-dealkylation sites (tertiary alicyclic amines) is 1. The number of hydrogen-bond acceptors (Lipinski definition) is 6. The lowest BCUT2D eigenvalue weighted by Crippen LogP contribution is -2.59. The SMILES string of the molecule is CC(C)C(CS(=N)(=O)C(C)C)N1C(=O)[C@@](C)(CC(=O)NS(=O)(=O)c2ccc(F)cc2)C[C@H](c2cccc(Cl)c2)[C@H]1c1ccc(Cl)cc1. The molecule has 47 heavy (non-hydrogen) atoms. The molecule has 254 valence electrons. The minimum absolute atomic E-state index is 0.0956. The Morgan fingerprint density at radius 3 is 2.15 bits per heavy atom. The maximum Gasteiger partial charge on any atom is 0.264 e. The number of halogens is 3. The van der Waals surface area contributed by atoms with Crippen LogP contribution in [0.3, 0.4) is 0 Å². The van der Waals surface area contributed by atoms with E-state index in [-0.39, 0.29) is 23.0 Å². The number of amides is 2. The van der Waals surface area contributed by atoms with Crippen LogP contribution in [0.15, 0.2) is 77.7 Å². The van der Waals surface area contributed by atoms with Crippen LogP contribution >= 0.6 is 23.2 Å². The number of sulfonamides is 1. The highest BCUT2D eigenvalue weighted by molar-refractivity contribution is 7.93. The lowest BCUT2D eigenvalue weighted by Gasteiger charge is -2.53. The summed E-state index contributed by atoms with van der Waals surface area (Å²) in [5.74, 6) is -2.75. The topological polar surface area (TPSA) is 124 Å². The van der Waals surface area contributed by atoms with Gasteiger partial charge in [-0.2, -0.15) is 0 Å². The Kier molecular flexibility index (Phi) is 11.2. The minimum atomic E-state index is -4.36. The van der Waals surface area contributed by atoms with E-state index in [1.807, 2.05) is 36.8 Å². The van der Waals surface area contributed by atoms with E-state index in [0.29, 0.717) is 10.0 Å². The molecule has 1 aliphatic heterocycles. The predicted octanol–water partition coefficient (Wildman–Crippen LogP) is 7.57. The molecule has 5 atom stereocenters. The molecule has 4 rings (SSSR count). The molecule has 1 saturated heterocycles. The number of hydrogen-bond donors (Lipinski definition) is 2. The molecular formula is C34H40Cl2FN3O5S2. The van der Waals surface area contributed by atoms with Crippen molar-refractivity contribution in [3.05, 3.63) is 99.8 Å². The van der Waals surface area contributed by atoms with Crippen LogP contribution in [0.25, 0.3) is 0 Å². The second kappa shape index (κ2) is 14.2. The number of nitrogens with one attached hydrogen (secondary N) is 2. The van der Waals surface area contributed by atoms with Crippen molar-refractivity contribution in [1.82, 2.24) is 9.62 Å². The van der Waals surface area contributed by atoms with Gasteiger partial charge >= 0.3 is 0 Å². The summed E-state index contributed by atoms with van der Waals surface area (Å²) in [4.78, 5) is 29.8. The van der Waals surface area contributed by atoms with Crippen molar-refractivity contribution in [3.63, 3.8) is 0 Å². The second-order valence-electron chi connectivity index (χ2n) is 13.0. The Labute approximate surface area is 287 Å². The average molecular weight is 725 g/mol. The summed E-state index contributed by atoms with van der Waals surface area (Å²) in [6, 6.07) is 17.1. The monoisotopic (exact) mass is 723 g/mol. The number of benzene rings is 3. The lowest BCUT2D eigenvalue weighted by atomic mass is 9.66. The fourth-order valence-corrected chi connectivity index (χ4v) is 8.91. The average Bonchev–Trinajstić information content (AvgIpc) is 2.97. The first-order valence-corrected chi connectivity index (χ1v) is 19.3. The van der Waals surface area contributed by atoms with Crippen LogP contribution in [0, 0.1) is 21.9 Å². The fraction of sp³-hybridized carbons (Fsp3) is 0.412. The largest absolute Gasteiger partial charge is 0.330 e. The minimum Gasteiger partial charge on any atom is -0.330 e. The van der Waals surface area contributed by atoms with Crippen LogP contribution in [-0.4, -0.2) is 46.4 Å². The van der Waals surface area contributed by atoms with Gasteiger partial charge in [-0.1, -0.05) is 82.1 Å². The quantitative estimate of drug-likeness (QED) is 0.211. The normalized spacial score (nSPS) is 22.3. The summed E-state index contributed by atoms with van der Waals surface area (Å²) >= 11 is 12.7. The van der Waals surface area contributed by atoms with Crippen molar-refractivity contribution in [2.45, 2.75) is 75.6 Å². The molecule has 2 N–H and O–H groups in total. The summed E-state index contributed by atoms with van der Waals surface area (Å²) in [6.45, 7) is 8.85. The number of carbonyl (C=O) groups is 2. The van der Waals surface area contributed by atoms with Crippen molar-refractivity contribution >= 4 is 54.8 Å². The maximum atomic E-state index is 14.9. The van der Waals surface area contributed by atoms with Gasteiger partial charge in [0, 0.05) is 43.4 Å². The van der Waals surface area contributed by atoms with Crippen molar-refractivity contribution in [1.29, 1.82) is 4.78 Å². The van der Waals surface area contributed by atoms with Crippen molar-refractivity contribution in [2.75, 3.05) is 5.75 Å². The van der Waals surface area contributed by atoms with Crippen LogP contribution in [0.2, 0.25) is 10.0 Å². The molecule has 3 aromatic carbocycles. The van der Waals surface area contributed by atoms with E-state index in [1.165, 1.54) is 0 Å².